The van der Waals surface area contributed by atoms with Crippen LogP contribution in [0.1, 0.15) is 39.0 Å². The molecule has 2 fully saturated rings. The molecule has 4 heteroatoms. The Morgan fingerprint density at radius 3 is 2.88 bits per heavy atom. The van der Waals surface area contributed by atoms with E-state index in [1.165, 1.54) is 12.8 Å². The fourth-order valence-corrected chi connectivity index (χ4v) is 2.69. The predicted octanol–water partition coefficient (Wildman–Crippen LogP) is 1.06. The average molecular weight is 240 g/mol. The van der Waals surface area contributed by atoms with E-state index in [9.17, 15) is 4.79 Å². The zero-order valence-corrected chi connectivity index (χ0v) is 10.8. The van der Waals surface area contributed by atoms with E-state index in [1.807, 2.05) is 0 Å². The molecule has 1 amide bonds. The number of ether oxygens (including phenoxy) is 1. The van der Waals surface area contributed by atoms with E-state index in [0.717, 1.165) is 39.1 Å². The van der Waals surface area contributed by atoms with Crippen LogP contribution in [0.3, 0.4) is 0 Å². The first-order valence-corrected chi connectivity index (χ1v) is 6.77. The minimum absolute atomic E-state index is 0.0442. The Labute approximate surface area is 103 Å². The Balaban J connectivity index is 1.75. The maximum Gasteiger partial charge on any atom is 0.220 e. The summed E-state index contributed by atoms with van der Waals surface area (Å²) in [5.74, 6) is 0.732. The highest BCUT2D eigenvalue weighted by atomic mass is 16.5. The van der Waals surface area contributed by atoms with Crippen LogP contribution in [-0.2, 0) is 9.53 Å². The summed E-state index contributed by atoms with van der Waals surface area (Å²) in [5.41, 5.74) is -0.0442. The highest BCUT2D eigenvalue weighted by Crippen LogP contribution is 2.21. The summed E-state index contributed by atoms with van der Waals surface area (Å²) in [6, 6.07) is 0. The molecule has 98 valence electrons. The molecule has 2 aliphatic rings. The summed E-state index contributed by atoms with van der Waals surface area (Å²) in [5, 5.41) is 6.55. The van der Waals surface area contributed by atoms with Crippen LogP contribution < -0.4 is 10.6 Å². The third-order valence-corrected chi connectivity index (χ3v) is 3.91. The van der Waals surface area contributed by atoms with Gasteiger partial charge in [-0.3, -0.25) is 4.79 Å². The third-order valence-electron chi connectivity index (χ3n) is 3.91. The molecule has 2 heterocycles. The second-order valence-corrected chi connectivity index (χ2v) is 5.64. The molecule has 0 bridgehead atoms. The van der Waals surface area contributed by atoms with Crippen molar-refractivity contribution in [1.29, 1.82) is 0 Å². The van der Waals surface area contributed by atoms with Gasteiger partial charge in [0.15, 0.2) is 0 Å². The summed E-state index contributed by atoms with van der Waals surface area (Å²) in [6.45, 7) is 5.76. The highest BCUT2D eigenvalue weighted by molar-refractivity contribution is 5.77. The molecule has 2 aliphatic heterocycles. The third kappa shape index (κ3) is 3.96. The van der Waals surface area contributed by atoms with Crippen molar-refractivity contribution in [2.24, 2.45) is 5.92 Å². The van der Waals surface area contributed by atoms with Crippen LogP contribution in [0.25, 0.3) is 0 Å². The van der Waals surface area contributed by atoms with Gasteiger partial charge in [-0.05, 0) is 51.6 Å². The van der Waals surface area contributed by atoms with Crippen LogP contribution >= 0.6 is 0 Å². The largest absolute Gasteiger partial charge is 0.381 e. The molecule has 4 nitrogen and oxygen atoms in total. The molecule has 0 aromatic heterocycles. The molecular weight excluding hydrogens is 216 g/mol. The van der Waals surface area contributed by atoms with Gasteiger partial charge in [0.25, 0.3) is 0 Å². The second kappa shape index (κ2) is 5.83. The van der Waals surface area contributed by atoms with Gasteiger partial charge in [0, 0.05) is 25.2 Å². The molecule has 0 radical (unpaired) electrons. The first-order valence-electron chi connectivity index (χ1n) is 6.77. The number of hydrogen-bond acceptors (Lipinski definition) is 3. The zero-order valence-electron chi connectivity index (χ0n) is 10.8. The zero-order chi connectivity index (χ0) is 12.1. The van der Waals surface area contributed by atoms with E-state index in [4.69, 9.17) is 4.74 Å². The van der Waals surface area contributed by atoms with Crippen molar-refractivity contribution in [2.75, 3.05) is 26.3 Å². The number of nitrogens with one attached hydrogen (secondary N) is 2. The maximum absolute atomic E-state index is 12.0. The lowest BCUT2D eigenvalue weighted by Crippen LogP contribution is -2.50. The van der Waals surface area contributed by atoms with Crippen molar-refractivity contribution < 1.29 is 9.53 Å². The molecule has 0 aromatic carbocycles. The molecule has 2 rings (SSSR count). The monoisotopic (exact) mass is 240 g/mol. The number of hydrogen-bond donors (Lipinski definition) is 2. The van der Waals surface area contributed by atoms with E-state index in [2.05, 4.69) is 17.6 Å². The quantitative estimate of drug-likeness (QED) is 0.775. The van der Waals surface area contributed by atoms with Gasteiger partial charge in [-0.25, -0.2) is 0 Å². The van der Waals surface area contributed by atoms with Crippen molar-refractivity contribution in [2.45, 2.75) is 44.6 Å². The minimum Gasteiger partial charge on any atom is -0.381 e. The number of carbonyl (C=O) groups is 1. The van der Waals surface area contributed by atoms with Crippen LogP contribution in [-0.4, -0.2) is 37.7 Å². The summed E-state index contributed by atoms with van der Waals surface area (Å²) < 4.78 is 5.34. The van der Waals surface area contributed by atoms with Crippen molar-refractivity contribution in [1.82, 2.24) is 10.6 Å². The lowest BCUT2D eigenvalue weighted by atomic mass is 9.91. The number of carbonyl (C=O) groups excluding carboxylic acids is 1. The topological polar surface area (TPSA) is 50.4 Å². The van der Waals surface area contributed by atoms with E-state index >= 15 is 0 Å². The molecule has 0 aliphatic carbocycles. The van der Waals surface area contributed by atoms with E-state index in [-0.39, 0.29) is 11.4 Å². The molecule has 0 saturated carbocycles. The Hall–Kier alpha value is -0.610. The van der Waals surface area contributed by atoms with Crippen LogP contribution in [0, 0.1) is 5.92 Å². The second-order valence-electron chi connectivity index (χ2n) is 5.64. The Bertz CT molecular complexity index is 256. The smallest absolute Gasteiger partial charge is 0.220 e. The van der Waals surface area contributed by atoms with Gasteiger partial charge in [0.1, 0.15) is 0 Å². The van der Waals surface area contributed by atoms with E-state index in [1.54, 1.807) is 0 Å². The normalized spacial score (nSPS) is 28.6. The maximum atomic E-state index is 12.0. The van der Waals surface area contributed by atoms with Gasteiger partial charge in [0.2, 0.25) is 5.91 Å². The summed E-state index contributed by atoms with van der Waals surface area (Å²) in [6.07, 6.45) is 4.91. The van der Waals surface area contributed by atoms with Gasteiger partial charge in [-0.2, -0.15) is 0 Å². The van der Waals surface area contributed by atoms with Gasteiger partial charge < -0.3 is 15.4 Å². The van der Waals surface area contributed by atoms with Gasteiger partial charge in [-0.15, -0.1) is 0 Å². The summed E-state index contributed by atoms with van der Waals surface area (Å²) in [4.78, 5) is 12.0. The van der Waals surface area contributed by atoms with Gasteiger partial charge in [-0.1, -0.05) is 0 Å². The fourth-order valence-electron chi connectivity index (χ4n) is 2.69. The number of amides is 1. The molecular formula is C13H24N2O2. The van der Waals surface area contributed by atoms with Gasteiger partial charge in [0.05, 0.1) is 0 Å². The van der Waals surface area contributed by atoms with E-state index < -0.39 is 0 Å². The number of piperidine rings is 1. The minimum atomic E-state index is -0.0442. The van der Waals surface area contributed by atoms with Crippen LogP contribution in [0.4, 0.5) is 0 Å². The van der Waals surface area contributed by atoms with Crippen molar-refractivity contribution in [3.05, 3.63) is 0 Å². The lowest BCUT2D eigenvalue weighted by Gasteiger charge is -2.35. The van der Waals surface area contributed by atoms with Crippen molar-refractivity contribution >= 4 is 5.91 Å². The summed E-state index contributed by atoms with van der Waals surface area (Å²) in [7, 11) is 0. The molecule has 0 spiro atoms. The molecule has 2 N–H and O–H groups in total. The Morgan fingerprint density at radius 2 is 2.24 bits per heavy atom. The van der Waals surface area contributed by atoms with Crippen LogP contribution in [0.15, 0.2) is 0 Å². The van der Waals surface area contributed by atoms with Gasteiger partial charge >= 0.3 is 0 Å². The highest BCUT2D eigenvalue weighted by Gasteiger charge is 2.29. The molecule has 2 saturated heterocycles. The predicted molar refractivity (Wildman–Crippen MR) is 66.8 cm³/mol. The summed E-state index contributed by atoms with van der Waals surface area (Å²) >= 11 is 0. The van der Waals surface area contributed by atoms with Crippen LogP contribution in [0.2, 0.25) is 0 Å². The average Bonchev–Trinajstić information content (AvgIpc) is 2.30. The van der Waals surface area contributed by atoms with Crippen molar-refractivity contribution in [3.63, 3.8) is 0 Å². The lowest BCUT2D eigenvalue weighted by molar-refractivity contribution is -0.125. The molecule has 1 atom stereocenters. The molecule has 17 heavy (non-hydrogen) atoms. The Morgan fingerprint density at radius 1 is 1.47 bits per heavy atom. The fraction of sp³-hybridized carbons (Fsp3) is 0.923. The molecule has 0 aromatic rings. The molecule has 1 unspecified atom stereocenters. The van der Waals surface area contributed by atoms with Crippen LogP contribution in [0.5, 0.6) is 0 Å². The first kappa shape index (κ1) is 12.8. The van der Waals surface area contributed by atoms with Crippen molar-refractivity contribution in [3.8, 4) is 0 Å². The Kier molecular flexibility index (Phi) is 4.40. The standard InChI is InChI=1S/C13H24N2O2/c1-13(4-7-17-8-5-13)15-12(16)9-11-3-2-6-14-10-11/h11,14H,2-10H2,1H3,(H,15,16). The SMILES string of the molecule is CC1(NC(=O)CC2CCCNC2)CCOCC1. The first-order chi connectivity index (χ1) is 8.18. The number of rotatable bonds is 3. The van der Waals surface area contributed by atoms with E-state index in [0.29, 0.717) is 12.3 Å².